The minimum absolute atomic E-state index is 0.0596. The zero-order valence-electron chi connectivity index (χ0n) is 11.8. The Hall–Kier alpha value is -1.06. The third-order valence-corrected chi connectivity index (χ3v) is 2.77. The maximum Gasteiger partial charge on any atom is 0.305 e. The third kappa shape index (κ3) is 10.1. The highest BCUT2D eigenvalue weighted by molar-refractivity contribution is 5.69. The first-order valence-corrected chi connectivity index (χ1v) is 6.84. The number of ether oxygens (including phenoxy) is 2. The number of esters is 1. The Morgan fingerprint density at radius 1 is 1.17 bits per heavy atom. The van der Waals surface area contributed by atoms with Crippen molar-refractivity contribution in [3.05, 3.63) is 0 Å². The predicted octanol–water partition coefficient (Wildman–Crippen LogP) is 3.09. The van der Waals surface area contributed by atoms with Gasteiger partial charge in [-0.15, -0.1) is 0 Å². The van der Waals surface area contributed by atoms with E-state index in [1.165, 1.54) is 0 Å². The van der Waals surface area contributed by atoms with Gasteiger partial charge in [0.15, 0.2) is 0 Å². The summed E-state index contributed by atoms with van der Waals surface area (Å²) in [7, 11) is 0. The van der Waals surface area contributed by atoms with Gasteiger partial charge in [0.05, 0.1) is 6.61 Å². The zero-order chi connectivity index (χ0) is 13.8. The highest BCUT2D eigenvalue weighted by Crippen LogP contribution is 2.15. The van der Waals surface area contributed by atoms with E-state index in [0.29, 0.717) is 31.8 Å². The van der Waals surface area contributed by atoms with E-state index < -0.39 is 0 Å². The fourth-order valence-corrected chi connectivity index (χ4v) is 1.82. The van der Waals surface area contributed by atoms with E-state index >= 15 is 0 Å². The first-order chi connectivity index (χ1) is 8.60. The van der Waals surface area contributed by atoms with E-state index in [2.05, 4.69) is 13.8 Å². The van der Waals surface area contributed by atoms with Crippen LogP contribution in [0.3, 0.4) is 0 Å². The second-order valence-corrected chi connectivity index (χ2v) is 4.88. The Bertz CT molecular complexity index is 226. The molecule has 0 amide bonds. The summed E-state index contributed by atoms with van der Waals surface area (Å²) in [6.45, 7) is 7.07. The summed E-state index contributed by atoms with van der Waals surface area (Å²) in [4.78, 5) is 21.6. The van der Waals surface area contributed by atoms with Crippen LogP contribution in [0.15, 0.2) is 0 Å². The maximum atomic E-state index is 11.2. The molecule has 0 aromatic rings. The van der Waals surface area contributed by atoms with Gasteiger partial charge in [0.1, 0.15) is 6.10 Å². The van der Waals surface area contributed by atoms with Crippen LogP contribution in [0.25, 0.3) is 0 Å². The van der Waals surface area contributed by atoms with Gasteiger partial charge in [-0.3, -0.25) is 9.59 Å². The molecule has 4 nitrogen and oxygen atoms in total. The van der Waals surface area contributed by atoms with Crippen molar-refractivity contribution in [1.82, 2.24) is 0 Å². The Morgan fingerprint density at radius 3 is 2.39 bits per heavy atom. The normalized spacial score (nSPS) is 12.2. The highest BCUT2D eigenvalue weighted by atomic mass is 16.5. The first-order valence-electron chi connectivity index (χ1n) is 6.84. The van der Waals surface area contributed by atoms with Crippen molar-refractivity contribution in [3.8, 4) is 0 Å². The van der Waals surface area contributed by atoms with Gasteiger partial charge in [-0.25, -0.2) is 0 Å². The van der Waals surface area contributed by atoms with Crippen LogP contribution in [0.1, 0.15) is 59.3 Å². The van der Waals surface area contributed by atoms with Gasteiger partial charge in [0, 0.05) is 6.42 Å². The van der Waals surface area contributed by atoms with Gasteiger partial charge in [0.2, 0.25) is 0 Å². The van der Waals surface area contributed by atoms with Crippen LogP contribution in [0.5, 0.6) is 0 Å². The van der Waals surface area contributed by atoms with Gasteiger partial charge < -0.3 is 9.47 Å². The summed E-state index contributed by atoms with van der Waals surface area (Å²) in [6, 6.07) is 0. The van der Waals surface area contributed by atoms with Crippen LogP contribution in [0, 0.1) is 5.92 Å². The monoisotopic (exact) mass is 258 g/mol. The molecule has 18 heavy (non-hydrogen) atoms. The summed E-state index contributed by atoms with van der Waals surface area (Å²) >= 11 is 0. The fourth-order valence-electron chi connectivity index (χ4n) is 1.82. The minimum atomic E-state index is -0.176. The molecule has 0 aromatic carbocycles. The Labute approximate surface area is 110 Å². The van der Waals surface area contributed by atoms with Crippen molar-refractivity contribution in [1.29, 1.82) is 0 Å². The van der Waals surface area contributed by atoms with E-state index in [0.717, 1.165) is 25.7 Å². The van der Waals surface area contributed by atoms with E-state index in [9.17, 15) is 9.59 Å². The topological polar surface area (TPSA) is 52.6 Å². The Balaban J connectivity index is 3.75. The second kappa shape index (κ2) is 11.1. The minimum Gasteiger partial charge on any atom is -0.466 e. The van der Waals surface area contributed by atoms with E-state index in [4.69, 9.17) is 9.47 Å². The van der Waals surface area contributed by atoms with Crippen molar-refractivity contribution in [2.45, 2.75) is 65.4 Å². The standard InChI is InChI=1S/C14H26O4/c1-4-17-14(16)10-6-9-13(18-11-15)8-5-7-12(2)3/h11-13H,4-10H2,1-3H3. The molecule has 0 saturated carbocycles. The van der Waals surface area contributed by atoms with Gasteiger partial charge in [-0.05, 0) is 38.5 Å². The molecule has 0 rings (SSSR count). The van der Waals surface area contributed by atoms with Crippen LogP contribution in [0.4, 0.5) is 0 Å². The summed E-state index contributed by atoms with van der Waals surface area (Å²) < 4.78 is 9.88. The van der Waals surface area contributed by atoms with Gasteiger partial charge >= 0.3 is 5.97 Å². The molecular formula is C14H26O4. The van der Waals surface area contributed by atoms with Crippen LogP contribution in [0.2, 0.25) is 0 Å². The molecule has 106 valence electrons. The zero-order valence-corrected chi connectivity index (χ0v) is 11.8. The molecule has 0 N–H and O–H groups in total. The lowest BCUT2D eigenvalue weighted by atomic mass is 10.0. The van der Waals surface area contributed by atoms with Gasteiger partial charge in [-0.1, -0.05) is 20.3 Å². The lowest BCUT2D eigenvalue weighted by Gasteiger charge is -2.15. The lowest BCUT2D eigenvalue weighted by Crippen LogP contribution is -2.13. The SMILES string of the molecule is CCOC(=O)CCCC(CCCC(C)C)OC=O. The maximum absolute atomic E-state index is 11.2. The van der Waals surface area contributed by atoms with Gasteiger partial charge in [0.25, 0.3) is 6.47 Å². The summed E-state index contributed by atoms with van der Waals surface area (Å²) in [5, 5.41) is 0. The first kappa shape index (κ1) is 16.9. The number of carbonyl (C=O) groups excluding carboxylic acids is 2. The van der Waals surface area contributed by atoms with Crippen molar-refractivity contribution in [3.63, 3.8) is 0 Å². The third-order valence-electron chi connectivity index (χ3n) is 2.77. The molecule has 0 aliphatic heterocycles. The molecule has 0 fully saturated rings. The molecule has 0 heterocycles. The number of hydrogen-bond acceptors (Lipinski definition) is 4. The highest BCUT2D eigenvalue weighted by Gasteiger charge is 2.11. The second-order valence-electron chi connectivity index (χ2n) is 4.88. The molecule has 1 unspecified atom stereocenters. The molecule has 0 saturated heterocycles. The molecule has 4 heteroatoms. The average molecular weight is 258 g/mol. The molecule has 0 aliphatic rings. The average Bonchev–Trinajstić information content (AvgIpc) is 2.29. The molecule has 0 radical (unpaired) electrons. The molecule has 0 aromatic heterocycles. The lowest BCUT2D eigenvalue weighted by molar-refractivity contribution is -0.143. The van der Waals surface area contributed by atoms with Crippen molar-refractivity contribution in [2.24, 2.45) is 5.92 Å². The molecule has 1 atom stereocenters. The van der Waals surface area contributed by atoms with Crippen LogP contribution in [-0.4, -0.2) is 25.2 Å². The quantitative estimate of drug-likeness (QED) is 0.422. The Morgan fingerprint density at radius 2 is 1.83 bits per heavy atom. The Kier molecular flexibility index (Phi) is 10.4. The fraction of sp³-hybridized carbons (Fsp3) is 0.857. The van der Waals surface area contributed by atoms with Crippen LogP contribution >= 0.6 is 0 Å². The number of rotatable bonds is 11. The predicted molar refractivity (Wildman–Crippen MR) is 70.1 cm³/mol. The molecule has 0 aliphatic carbocycles. The van der Waals surface area contributed by atoms with Crippen LogP contribution in [-0.2, 0) is 19.1 Å². The number of hydrogen-bond donors (Lipinski definition) is 0. The molecular weight excluding hydrogens is 232 g/mol. The summed E-state index contributed by atoms with van der Waals surface area (Å²) in [5.41, 5.74) is 0. The van der Waals surface area contributed by atoms with E-state index in [1.807, 2.05) is 0 Å². The van der Waals surface area contributed by atoms with Crippen molar-refractivity contribution < 1.29 is 19.1 Å². The van der Waals surface area contributed by atoms with Crippen molar-refractivity contribution in [2.75, 3.05) is 6.61 Å². The van der Waals surface area contributed by atoms with Gasteiger partial charge in [-0.2, -0.15) is 0 Å². The largest absolute Gasteiger partial charge is 0.466 e. The summed E-state index contributed by atoms with van der Waals surface area (Å²) in [6.07, 6.45) is 4.84. The molecule has 0 spiro atoms. The van der Waals surface area contributed by atoms with E-state index in [-0.39, 0.29) is 12.1 Å². The summed E-state index contributed by atoms with van der Waals surface area (Å²) in [5.74, 6) is 0.492. The number of carbonyl (C=O) groups is 2. The molecule has 0 bridgehead atoms. The van der Waals surface area contributed by atoms with Crippen molar-refractivity contribution >= 4 is 12.4 Å². The van der Waals surface area contributed by atoms with E-state index in [1.54, 1.807) is 6.92 Å². The van der Waals surface area contributed by atoms with Crippen LogP contribution < -0.4 is 0 Å². The smallest absolute Gasteiger partial charge is 0.305 e.